The number of carbonyl (C=O) groups is 2. The summed E-state index contributed by atoms with van der Waals surface area (Å²) in [4.78, 5) is 35.7. The lowest BCUT2D eigenvalue weighted by Crippen LogP contribution is -2.57. The maximum Gasteiger partial charge on any atom is 0.422 e. The van der Waals surface area contributed by atoms with Crippen LogP contribution in [0.1, 0.15) is 44.0 Å². The van der Waals surface area contributed by atoms with Crippen LogP contribution in [0.4, 0.5) is 28.2 Å². The van der Waals surface area contributed by atoms with Crippen LogP contribution in [0.15, 0.2) is 10.5 Å². The van der Waals surface area contributed by atoms with Crippen molar-refractivity contribution in [3.8, 4) is 6.01 Å². The topological polar surface area (TPSA) is 105 Å². The Labute approximate surface area is 211 Å². The molecule has 36 heavy (non-hydrogen) atoms. The lowest BCUT2D eigenvalue weighted by Gasteiger charge is -2.42. The highest BCUT2D eigenvalue weighted by molar-refractivity contribution is 9.10. The molecule has 2 saturated heterocycles. The van der Waals surface area contributed by atoms with Crippen LogP contribution in [0.25, 0.3) is 10.9 Å². The Hall–Kier alpha value is -2.90. The van der Waals surface area contributed by atoms with Crippen molar-refractivity contribution in [3.63, 3.8) is 0 Å². The number of aromatic carboxylic acids is 1. The van der Waals surface area contributed by atoms with Gasteiger partial charge in [-0.1, -0.05) is 0 Å². The van der Waals surface area contributed by atoms with Gasteiger partial charge in [0.15, 0.2) is 12.4 Å². The van der Waals surface area contributed by atoms with Gasteiger partial charge in [0.05, 0.1) is 22.1 Å². The first-order chi connectivity index (χ1) is 16.6. The number of piperazine rings is 1. The molecule has 1 amide bonds. The second-order valence-electron chi connectivity index (χ2n) is 9.66. The number of halogens is 5. The summed E-state index contributed by atoms with van der Waals surface area (Å²) in [6.45, 7) is 4.02. The summed E-state index contributed by atoms with van der Waals surface area (Å²) < 4.78 is 63.2. The number of amides is 1. The van der Waals surface area contributed by atoms with Gasteiger partial charge in [-0.25, -0.2) is 14.0 Å². The Balaban J connectivity index is 1.76. The number of fused-ring (bicyclic) bond motifs is 3. The first-order valence-corrected chi connectivity index (χ1v) is 11.8. The predicted octanol–water partition coefficient (Wildman–Crippen LogP) is 4.76. The van der Waals surface area contributed by atoms with Crippen molar-refractivity contribution >= 4 is 44.7 Å². The van der Waals surface area contributed by atoms with Crippen molar-refractivity contribution in [2.24, 2.45) is 0 Å². The number of nitrogens with zero attached hydrogens (tertiary/aromatic N) is 4. The van der Waals surface area contributed by atoms with Gasteiger partial charge < -0.3 is 19.5 Å². The van der Waals surface area contributed by atoms with Gasteiger partial charge >= 0.3 is 24.2 Å². The monoisotopic (exact) mass is 578 g/mol. The molecule has 0 unspecified atom stereocenters. The fraction of sp³-hybridized carbons (Fsp3) is 0.545. The Morgan fingerprint density at radius 2 is 1.78 bits per heavy atom. The van der Waals surface area contributed by atoms with Crippen LogP contribution in [0.5, 0.6) is 6.01 Å². The minimum Gasteiger partial charge on any atom is -0.478 e. The Bertz CT molecular complexity index is 1210. The summed E-state index contributed by atoms with van der Waals surface area (Å²) in [5.74, 6) is -2.46. The maximum absolute atomic E-state index is 15.1. The van der Waals surface area contributed by atoms with Crippen molar-refractivity contribution in [3.05, 3.63) is 21.9 Å². The van der Waals surface area contributed by atoms with E-state index in [1.165, 1.54) is 0 Å². The molecule has 0 radical (unpaired) electrons. The molecule has 2 aliphatic heterocycles. The van der Waals surface area contributed by atoms with Gasteiger partial charge in [-0.3, -0.25) is 4.90 Å². The minimum atomic E-state index is -4.68. The van der Waals surface area contributed by atoms with Crippen LogP contribution in [-0.2, 0) is 4.74 Å². The SMILES string of the molecule is CC(C)(C)OC(=O)N1[C@@H]2CC[C@H]1CN(c1nc(OCC(F)(F)F)nc3c(F)c(Br)c(C(=O)O)cc13)C2. The molecule has 196 valence electrons. The standard InChI is InChI=1S/C22H23BrF4N4O5/c1-21(2,3)36-20(34)31-10-4-5-11(31)8-30(7-10)17-13-6-12(18(32)33)14(23)15(24)16(13)28-19(29-17)35-9-22(25,26)27/h6,10-11H,4-5,7-9H2,1-3H3,(H,32,33)/t10-,11+. The Morgan fingerprint density at radius 1 is 1.17 bits per heavy atom. The summed E-state index contributed by atoms with van der Waals surface area (Å²) in [6, 6.07) is -0.119. The van der Waals surface area contributed by atoms with Crippen molar-refractivity contribution in [1.82, 2.24) is 14.9 Å². The highest BCUT2D eigenvalue weighted by Gasteiger charge is 2.45. The molecule has 0 aliphatic carbocycles. The van der Waals surface area contributed by atoms with Crippen LogP contribution in [0.2, 0.25) is 0 Å². The lowest BCUT2D eigenvalue weighted by atomic mass is 10.1. The largest absolute Gasteiger partial charge is 0.478 e. The molecule has 1 N–H and O–H groups in total. The van der Waals surface area contributed by atoms with E-state index in [1.54, 1.807) is 30.6 Å². The van der Waals surface area contributed by atoms with E-state index >= 15 is 4.39 Å². The zero-order chi connectivity index (χ0) is 26.6. The van der Waals surface area contributed by atoms with E-state index in [-0.39, 0.29) is 36.4 Å². The Kier molecular flexibility index (Phi) is 6.69. The molecule has 1 aromatic carbocycles. The van der Waals surface area contributed by atoms with Crippen LogP contribution >= 0.6 is 15.9 Å². The number of ether oxygens (including phenoxy) is 2. The molecule has 2 atom stereocenters. The van der Waals surface area contributed by atoms with Gasteiger partial charge in [-0.15, -0.1) is 0 Å². The van der Waals surface area contributed by atoms with Crippen molar-refractivity contribution in [2.75, 3.05) is 24.6 Å². The summed E-state index contributed by atoms with van der Waals surface area (Å²) in [6.07, 6.45) is -3.84. The molecule has 14 heteroatoms. The zero-order valence-electron chi connectivity index (χ0n) is 19.5. The molecule has 3 heterocycles. The van der Waals surface area contributed by atoms with Gasteiger partial charge in [-0.05, 0) is 55.6 Å². The molecule has 2 aromatic rings. The number of alkyl halides is 3. The fourth-order valence-corrected chi connectivity index (χ4v) is 4.94. The van der Waals surface area contributed by atoms with Gasteiger partial charge in [-0.2, -0.15) is 23.1 Å². The van der Waals surface area contributed by atoms with E-state index in [9.17, 15) is 27.9 Å². The molecular weight excluding hydrogens is 556 g/mol. The first kappa shape index (κ1) is 26.2. The number of benzene rings is 1. The summed E-state index contributed by atoms with van der Waals surface area (Å²) in [7, 11) is 0. The number of carbonyl (C=O) groups excluding carboxylic acids is 1. The van der Waals surface area contributed by atoms with Gasteiger partial charge in [0.1, 0.15) is 16.9 Å². The summed E-state index contributed by atoms with van der Waals surface area (Å²) in [5.41, 5.74) is -1.49. The van der Waals surface area contributed by atoms with Crippen LogP contribution in [-0.4, -0.2) is 75.6 Å². The number of anilines is 1. The third-order valence-electron chi connectivity index (χ3n) is 5.81. The molecule has 2 aliphatic rings. The summed E-state index contributed by atoms with van der Waals surface area (Å²) >= 11 is 2.89. The van der Waals surface area contributed by atoms with Crippen LogP contribution < -0.4 is 9.64 Å². The molecule has 2 fully saturated rings. The van der Waals surface area contributed by atoms with E-state index in [0.29, 0.717) is 12.8 Å². The second-order valence-corrected chi connectivity index (χ2v) is 10.5. The highest BCUT2D eigenvalue weighted by atomic mass is 79.9. The van der Waals surface area contributed by atoms with Crippen molar-refractivity contribution < 1.29 is 41.7 Å². The van der Waals surface area contributed by atoms with E-state index in [4.69, 9.17) is 9.47 Å². The normalized spacial score (nSPS) is 20.1. The molecule has 1 aromatic heterocycles. The second kappa shape index (κ2) is 9.20. The number of aromatic nitrogens is 2. The molecule has 0 saturated carbocycles. The molecule has 0 spiro atoms. The number of rotatable bonds is 4. The molecule has 9 nitrogen and oxygen atoms in total. The molecule has 4 rings (SSSR count). The average molecular weight is 579 g/mol. The smallest absolute Gasteiger partial charge is 0.422 e. The van der Waals surface area contributed by atoms with Crippen molar-refractivity contribution in [1.29, 1.82) is 0 Å². The minimum absolute atomic E-state index is 0.00224. The van der Waals surface area contributed by atoms with E-state index in [0.717, 1.165) is 6.07 Å². The number of carboxylic acids is 1. The number of hydrogen-bond donors (Lipinski definition) is 1. The van der Waals surface area contributed by atoms with Crippen molar-refractivity contribution in [2.45, 2.75) is 57.5 Å². The molecule has 2 bridgehead atoms. The zero-order valence-corrected chi connectivity index (χ0v) is 21.1. The Morgan fingerprint density at radius 3 is 2.31 bits per heavy atom. The quantitative estimate of drug-likeness (QED) is 0.518. The highest BCUT2D eigenvalue weighted by Crippen LogP contribution is 2.38. The van der Waals surface area contributed by atoms with Gasteiger partial charge in [0.25, 0.3) is 0 Å². The van der Waals surface area contributed by atoms with Crippen LogP contribution in [0.3, 0.4) is 0 Å². The first-order valence-electron chi connectivity index (χ1n) is 11.0. The third-order valence-corrected chi connectivity index (χ3v) is 6.59. The lowest BCUT2D eigenvalue weighted by molar-refractivity contribution is -0.154. The van der Waals surface area contributed by atoms with E-state index in [2.05, 4.69) is 25.9 Å². The van der Waals surface area contributed by atoms with Gasteiger partial charge in [0.2, 0.25) is 0 Å². The van der Waals surface area contributed by atoms with E-state index < -0.39 is 57.8 Å². The summed E-state index contributed by atoms with van der Waals surface area (Å²) in [5, 5.41) is 9.50. The third kappa shape index (κ3) is 5.27. The molecular formula is C22H23BrF4N4O5. The predicted molar refractivity (Wildman–Crippen MR) is 123 cm³/mol. The van der Waals surface area contributed by atoms with Gasteiger partial charge in [0, 0.05) is 18.5 Å². The van der Waals surface area contributed by atoms with Crippen LogP contribution in [0, 0.1) is 5.82 Å². The fourth-order valence-electron chi connectivity index (χ4n) is 4.46. The van der Waals surface area contributed by atoms with E-state index in [1.807, 2.05) is 0 Å². The average Bonchev–Trinajstić information content (AvgIpc) is 3.02. The number of hydrogen-bond acceptors (Lipinski definition) is 7. The number of carboxylic acid groups (broad SMARTS) is 1. The maximum atomic E-state index is 15.1.